The van der Waals surface area contributed by atoms with E-state index in [4.69, 9.17) is 5.73 Å². The Kier molecular flexibility index (Phi) is 11.5. The number of rotatable bonds is 1. The van der Waals surface area contributed by atoms with Gasteiger partial charge >= 0.3 is 0 Å². The first-order valence-corrected chi connectivity index (χ1v) is 2.66. The molecule has 1 nitrogen and oxygen atoms in total. The Morgan fingerprint density at radius 3 is 2.00 bits per heavy atom. The average Bonchev–Trinajstić information content (AvgIpc) is 1.38. The van der Waals surface area contributed by atoms with Crippen LogP contribution in [-0.2, 0) is 32.7 Å². The van der Waals surface area contributed by atoms with E-state index < -0.39 is 0 Å². The van der Waals surface area contributed by atoms with Gasteiger partial charge < -0.3 is 5.73 Å². The normalized spacial score (nSPS) is 12.5. The van der Waals surface area contributed by atoms with E-state index in [1.165, 1.54) is 0 Å². The molecule has 0 aromatic heterocycles. The summed E-state index contributed by atoms with van der Waals surface area (Å²) in [5.74, 6) is 0. The summed E-state index contributed by atoms with van der Waals surface area (Å²) in [6, 6.07) is 0.0509. The van der Waals surface area contributed by atoms with E-state index in [9.17, 15) is 0 Å². The molecule has 0 bridgehead atoms. The molecule has 0 spiro atoms. The molecule has 1 N–H and O–H groups in total. The first-order chi connectivity index (χ1) is 2.27. The van der Waals surface area contributed by atoms with Crippen LogP contribution in [0.2, 0.25) is 0 Å². The van der Waals surface area contributed by atoms with Crippen molar-refractivity contribution in [3.8, 4) is 0 Å². The summed E-state index contributed by atoms with van der Waals surface area (Å²) in [4.78, 5) is 0. The van der Waals surface area contributed by atoms with Crippen molar-refractivity contribution in [1.29, 1.82) is 0 Å². The second kappa shape index (κ2) is 6.54. The van der Waals surface area contributed by atoms with Crippen molar-refractivity contribution in [1.82, 2.24) is 0 Å². The van der Waals surface area contributed by atoms with Crippen molar-refractivity contribution < 1.29 is 32.7 Å². The molecule has 6 heavy (non-hydrogen) atoms. The Labute approximate surface area is 72.1 Å². The van der Waals surface area contributed by atoms with Gasteiger partial charge in [0.25, 0.3) is 0 Å². The minimum atomic E-state index is 0. The van der Waals surface area contributed by atoms with Crippen molar-refractivity contribution in [2.45, 2.75) is 13.0 Å². The van der Waals surface area contributed by atoms with E-state index in [1.54, 1.807) is 0 Å². The fourth-order valence-electron chi connectivity index (χ4n) is 0. The maximum absolute atomic E-state index is 6.78. The zero-order valence-electron chi connectivity index (χ0n) is 3.74. The molecule has 0 saturated heterocycles. The van der Waals surface area contributed by atoms with E-state index in [-0.39, 0.29) is 38.8 Å². The topological polar surface area (TPSA) is 23.8 Å². The third kappa shape index (κ3) is 9.11. The molecule has 1 unspecified atom stereocenters. The summed E-state index contributed by atoms with van der Waals surface area (Å²) >= 11 is 3.13. The van der Waals surface area contributed by atoms with Gasteiger partial charge in [0.15, 0.2) is 0 Å². The van der Waals surface area contributed by atoms with E-state index in [0.29, 0.717) is 0 Å². The predicted molar refractivity (Wildman–Crippen MR) is 27.6 cm³/mol. The molecular weight excluding hydrogens is 219 g/mol. The van der Waals surface area contributed by atoms with Crippen molar-refractivity contribution in [2.24, 2.45) is 0 Å². The zero-order valence-corrected chi connectivity index (χ0v) is 8.16. The molecule has 1 atom stereocenters. The summed E-state index contributed by atoms with van der Waals surface area (Å²) in [5, 5.41) is 0.785. The van der Waals surface area contributed by atoms with Gasteiger partial charge in [0.2, 0.25) is 0 Å². The van der Waals surface area contributed by atoms with Gasteiger partial charge in [0.1, 0.15) is 0 Å². The van der Waals surface area contributed by atoms with Gasteiger partial charge in [0.05, 0.1) is 0 Å². The van der Waals surface area contributed by atoms with Crippen LogP contribution >= 0.6 is 15.9 Å². The van der Waals surface area contributed by atoms with E-state index in [0.717, 1.165) is 5.33 Å². The summed E-state index contributed by atoms with van der Waals surface area (Å²) < 4.78 is 0. The minimum Gasteiger partial charge on any atom is -0.674 e. The minimum absolute atomic E-state index is 0. The van der Waals surface area contributed by atoms with Crippen molar-refractivity contribution in [3.05, 3.63) is 5.73 Å². The predicted octanol–water partition coefficient (Wildman–Crippen LogP) is 1.82. The number of hydrogen-bond acceptors (Lipinski definition) is 0. The van der Waals surface area contributed by atoms with Crippen molar-refractivity contribution >= 4 is 15.9 Å². The average molecular weight is 226 g/mol. The molecule has 0 aliphatic heterocycles. The van der Waals surface area contributed by atoms with Crippen LogP contribution in [0.3, 0.4) is 0 Å². The van der Waals surface area contributed by atoms with Crippen LogP contribution in [-0.4, -0.2) is 11.4 Å². The first-order valence-electron chi connectivity index (χ1n) is 1.54. The molecule has 0 aliphatic rings. The number of alkyl halides is 1. The number of nitrogens with one attached hydrogen (secondary N) is 1. The monoisotopic (exact) mass is 225 g/mol. The molecule has 35 valence electrons. The summed E-state index contributed by atoms with van der Waals surface area (Å²) in [6.07, 6.45) is 0. The number of halogens is 1. The Hall–Kier alpha value is 1.54. The molecule has 0 amide bonds. The summed E-state index contributed by atoms with van der Waals surface area (Å²) in [7, 11) is 0. The van der Waals surface area contributed by atoms with Gasteiger partial charge in [-0.15, -0.1) is 6.04 Å². The molecule has 1 radical (unpaired) electrons. The largest absolute Gasteiger partial charge is 0.674 e. The zero-order chi connectivity index (χ0) is 4.28. The third-order valence-electron chi connectivity index (χ3n) is 0.231. The van der Waals surface area contributed by atoms with E-state index in [1.807, 2.05) is 6.92 Å². The van der Waals surface area contributed by atoms with Crippen LogP contribution in [0.15, 0.2) is 0 Å². The molecule has 0 aromatic rings. The molecule has 0 heterocycles. The molecule has 0 saturated carbocycles. The van der Waals surface area contributed by atoms with Crippen LogP contribution in [0.4, 0.5) is 0 Å². The second-order valence-electron chi connectivity index (χ2n) is 1.06. The molecule has 0 rings (SSSR count). The quantitative estimate of drug-likeness (QED) is 0.609. The van der Waals surface area contributed by atoms with Crippen LogP contribution in [0.25, 0.3) is 5.73 Å². The van der Waals surface area contributed by atoms with Gasteiger partial charge in [-0.2, -0.15) is 0 Å². The molecule has 0 aromatic carbocycles. The maximum atomic E-state index is 6.78. The van der Waals surface area contributed by atoms with E-state index in [2.05, 4.69) is 15.9 Å². The smallest absolute Gasteiger partial charge is 0 e. The Morgan fingerprint density at radius 2 is 2.00 bits per heavy atom. The van der Waals surface area contributed by atoms with Crippen molar-refractivity contribution in [3.63, 3.8) is 0 Å². The van der Waals surface area contributed by atoms with Gasteiger partial charge in [0, 0.05) is 32.7 Å². The Bertz CT molecular complexity index is 24.8. The van der Waals surface area contributed by atoms with Gasteiger partial charge in [-0.05, 0) is 5.33 Å². The Morgan fingerprint density at radius 1 is 1.83 bits per heavy atom. The fraction of sp³-hybridized carbons (Fsp3) is 1.00. The molecule has 0 fully saturated rings. The fourth-order valence-corrected chi connectivity index (χ4v) is 0. The first kappa shape index (κ1) is 10.5. The van der Waals surface area contributed by atoms with Crippen LogP contribution in [0.5, 0.6) is 0 Å². The number of hydrogen-bond donors (Lipinski definition) is 0. The van der Waals surface area contributed by atoms with Crippen LogP contribution in [0.1, 0.15) is 6.92 Å². The SMILES string of the molecule is CC([NH-])CBr.[Y]. The third-order valence-corrected chi connectivity index (χ3v) is 1.20. The van der Waals surface area contributed by atoms with Gasteiger partial charge in [-0.25, -0.2) is 0 Å². The summed E-state index contributed by atoms with van der Waals surface area (Å²) in [5.41, 5.74) is 6.78. The molecular formula is C3H7BrNY-. The van der Waals surface area contributed by atoms with Gasteiger partial charge in [-0.1, -0.05) is 22.9 Å². The standard InChI is InChI=1S/C3H7BrN.Y/c1-3(5)2-4;/h3,5H,2H2,1H3;/q-1;. The van der Waals surface area contributed by atoms with Crippen LogP contribution < -0.4 is 0 Å². The van der Waals surface area contributed by atoms with Crippen LogP contribution in [0, 0.1) is 0 Å². The summed E-state index contributed by atoms with van der Waals surface area (Å²) in [6.45, 7) is 1.84. The Balaban J connectivity index is 0. The second-order valence-corrected chi connectivity index (χ2v) is 1.70. The molecule has 3 heteroatoms. The maximum Gasteiger partial charge on any atom is 0 e. The van der Waals surface area contributed by atoms with Gasteiger partial charge in [-0.3, -0.25) is 0 Å². The van der Waals surface area contributed by atoms with E-state index >= 15 is 0 Å². The van der Waals surface area contributed by atoms with Crippen molar-refractivity contribution in [2.75, 3.05) is 5.33 Å². The molecule has 0 aliphatic carbocycles.